The van der Waals surface area contributed by atoms with E-state index in [4.69, 9.17) is 4.52 Å². The van der Waals surface area contributed by atoms with Crippen molar-refractivity contribution in [3.63, 3.8) is 0 Å². The molecule has 0 spiro atoms. The molecule has 1 aromatic heterocycles. The first kappa shape index (κ1) is 15.7. The van der Waals surface area contributed by atoms with Crippen molar-refractivity contribution >= 4 is 5.91 Å². The monoisotopic (exact) mass is 313 g/mol. The van der Waals surface area contributed by atoms with E-state index in [1.54, 1.807) is 6.92 Å². The highest BCUT2D eigenvalue weighted by atomic mass is 16.5. The lowest BCUT2D eigenvalue weighted by Gasteiger charge is -2.19. The van der Waals surface area contributed by atoms with E-state index >= 15 is 0 Å². The van der Waals surface area contributed by atoms with Gasteiger partial charge in [0.15, 0.2) is 5.82 Å². The number of aryl methyl sites for hydroxylation is 3. The Morgan fingerprint density at radius 1 is 1.35 bits per heavy atom. The van der Waals surface area contributed by atoms with Gasteiger partial charge in [0, 0.05) is 12.8 Å². The van der Waals surface area contributed by atoms with Crippen molar-refractivity contribution in [2.24, 2.45) is 0 Å². The summed E-state index contributed by atoms with van der Waals surface area (Å²) in [5.41, 5.74) is 2.66. The van der Waals surface area contributed by atoms with Crippen molar-refractivity contribution in [3.8, 4) is 0 Å². The number of nitrogens with one attached hydrogen (secondary N) is 1. The number of hydrogen-bond acceptors (Lipinski definition) is 4. The van der Waals surface area contributed by atoms with Gasteiger partial charge >= 0.3 is 0 Å². The Kier molecular flexibility index (Phi) is 5.05. The van der Waals surface area contributed by atoms with E-state index in [-0.39, 0.29) is 11.9 Å². The minimum atomic E-state index is 0.0999. The number of aromatic nitrogens is 2. The fourth-order valence-electron chi connectivity index (χ4n) is 3.18. The third kappa shape index (κ3) is 4.18. The summed E-state index contributed by atoms with van der Waals surface area (Å²) in [6.45, 7) is 1.79. The SMILES string of the molecule is Cc1noc(CCCC(=O)N[C@@H]2CCCCc3ccccc32)n1. The van der Waals surface area contributed by atoms with Gasteiger partial charge in [-0.05, 0) is 43.7 Å². The van der Waals surface area contributed by atoms with Crippen molar-refractivity contribution in [3.05, 3.63) is 47.1 Å². The summed E-state index contributed by atoms with van der Waals surface area (Å²) in [5, 5.41) is 6.96. The molecule has 0 aliphatic heterocycles. The number of rotatable bonds is 5. The smallest absolute Gasteiger partial charge is 0.226 e. The fraction of sp³-hybridized carbons (Fsp3) is 0.500. The van der Waals surface area contributed by atoms with Crippen LogP contribution in [0.25, 0.3) is 0 Å². The predicted octanol–water partition coefficient (Wildman–Crippen LogP) is 3.28. The first-order chi connectivity index (χ1) is 11.2. The molecule has 1 atom stereocenters. The molecular weight excluding hydrogens is 290 g/mol. The highest BCUT2D eigenvalue weighted by Gasteiger charge is 2.19. The molecule has 0 saturated heterocycles. The molecule has 1 N–H and O–H groups in total. The van der Waals surface area contributed by atoms with Gasteiger partial charge in [-0.1, -0.05) is 35.8 Å². The Bertz CT molecular complexity index is 666. The number of amides is 1. The summed E-state index contributed by atoms with van der Waals surface area (Å²) in [4.78, 5) is 16.4. The first-order valence-corrected chi connectivity index (χ1v) is 8.39. The van der Waals surface area contributed by atoms with Gasteiger partial charge in [0.05, 0.1) is 6.04 Å². The van der Waals surface area contributed by atoms with E-state index < -0.39 is 0 Å². The van der Waals surface area contributed by atoms with E-state index in [9.17, 15) is 4.79 Å². The third-order valence-electron chi connectivity index (χ3n) is 4.32. The molecular formula is C18H23N3O2. The van der Waals surface area contributed by atoms with Crippen LogP contribution < -0.4 is 5.32 Å². The van der Waals surface area contributed by atoms with Crippen molar-refractivity contribution < 1.29 is 9.32 Å². The van der Waals surface area contributed by atoms with Gasteiger partial charge in [-0.2, -0.15) is 4.98 Å². The predicted molar refractivity (Wildman–Crippen MR) is 86.9 cm³/mol. The Morgan fingerprint density at radius 3 is 3.04 bits per heavy atom. The molecule has 1 aliphatic carbocycles. The van der Waals surface area contributed by atoms with E-state index in [1.807, 2.05) is 0 Å². The van der Waals surface area contributed by atoms with Crippen LogP contribution in [0.3, 0.4) is 0 Å². The summed E-state index contributed by atoms with van der Waals surface area (Å²) in [6, 6.07) is 8.60. The maximum Gasteiger partial charge on any atom is 0.226 e. The lowest BCUT2D eigenvalue weighted by molar-refractivity contribution is -0.122. The average Bonchev–Trinajstić information content (AvgIpc) is 2.85. The van der Waals surface area contributed by atoms with Crippen LogP contribution >= 0.6 is 0 Å². The van der Waals surface area contributed by atoms with Crippen LogP contribution in [-0.4, -0.2) is 16.0 Å². The quantitative estimate of drug-likeness (QED) is 0.860. The second-order valence-corrected chi connectivity index (χ2v) is 6.15. The summed E-state index contributed by atoms with van der Waals surface area (Å²) in [5.74, 6) is 1.34. The third-order valence-corrected chi connectivity index (χ3v) is 4.32. The topological polar surface area (TPSA) is 68.0 Å². The van der Waals surface area contributed by atoms with Gasteiger partial charge in [0.25, 0.3) is 0 Å². The van der Waals surface area contributed by atoms with Gasteiger partial charge in [-0.3, -0.25) is 4.79 Å². The maximum atomic E-state index is 12.3. The van der Waals surface area contributed by atoms with E-state index in [1.165, 1.54) is 17.5 Å². The molecule has 1 aromatic carbocycles. The maximum absolute atomic E-state index is 12.3. The normalized spacial score (nSPS) is 17.3. The molecule has 0 fully saturated rings. The molecule has 23 heavy (non-hydrogen) atoms. The minimum Gasteiger partial charge on any atom is -0.349 e. The van der Waals surface area contributed by atoms with Crippen molar-refractivity contribution in [1.82, 2.24) is 15.5 Å². The van der Waals surface area contributed by atoms with Crippen LogP contribution in [-0.2, 0) is 17.6 Å². The first-order valence-electron chi connectivity index (χ1n) is 8.39. The largest absolute Gasteiger partial charge is 0.349 e. The molecule has 1 aliphatic rings. The number of carbonyl (C=O) groups excluding carboxylic acids is 1. The zero-order valence-corrected chi connectivity index (χ0v) is 13.5. The molecule has 1 heterocycles. The number of hydrogen-bond donors (Lipinski definition) is 1. The zero-order valence-electron chi connectivity index (χ0n) is 13.5. The number of benzene rings is 1. The van der Waals surface area contributed by atoms with E-state index in [2.05, 4.69) is 39.7 Å². The second-order valence-electron chi connectivity index (χ2n) is 6.15. The molecule has 0 saturated carbocycles. The van der Waals surface area contributed by atoms with Gasteiger partial charge in [0.2, 0.25) is 11.8 Å². The van der Waals surface area contributed by atoms with Gasteiger partial charge < -0.3 is 9.84 Å². The summed E-state index contributed by atoms with van der Waals surface area (Å²) in [6.07, 6.45) is 6.34. The average molecular weight is 313 g/mol. The minimum absolute atomic E-state index is 0.0999. The molecule has 5 nitrogen and oxygen atoms in total. The molecule has 0 radical (unpaired) electrons. The molecule has 0 unspecified atom stereocenters. The lowest BCUT2D eigenvalue weighted by atomic mass is 9.99. The van der Waals surface area contributed by atoms with Crippen molar-refractivity contribution in [1.29, 1.82) is 0 Å². The zero-order chi connectivity index (χ0) is 16.1. The molecule has 5 heteroatoms. The highest BCUT2D eigenvalue weighted by Crippen LogP contribution is 2.28. The van der Waals surface area contributed by atoms with Crippen molar-refractivity contribution in [2.75, 3.05) is 0 Å². The van der Waals surface area contributed by atoms with Gasteiger partial charge in [0.1, 0.15) is 0 Å². The standard InChI is InChI=1S/C18H23N3O2/c1-13-19-18(23-21-13)12-6-11-17(22)20-16-10-5-3-8-14-7-2-4-9-15(14)16/h2,4,7,9,16H,3,5-6,8,10-12H2,1H3,(H,20,22)/t16-/m1/s1. The second kappa shape index (κ2) is 7.40. The van der Waals surface area contributed by atoms with Crippen LogP contribution in [0.5, 0.6) is 0 Å². The number of carbonyl (C=O) groups is 1. The fourth-order valence-corrected chi connectivity index (χ4v) is 3.18. The molecule has 0 bridgehead atoms. The van der Waals surface area contributed by atoms with Crippen LogP contribution in [0.2, 0.25) is 0 Å². The highest BCUT2D eigenvalue weighted by molar-refractivity contribution is 5.76. The van der Waals surface area contributed by atoms with Gasteiger partial charge in [-0.25, -0.2) is 0 Å². The van der Waals surface area contributed by atoms with Crippen molar-refractivity contribution in [2.45, 2.75) is 57.9 Å². The van der Waals surface area contributed by atoms with Gasteiger partial charge in [-0.15, -0.1) is 0 Å². The molecule has 2 aromatic rings. The lowest BCUT2D eigenvalue weighted by Crippen LogP contribution is -2.28. The Hall–Kier alpha value is -2.17. The molecule has 3 rings (SSSR count). The summed E-state index contributed by atoms with van der Waals surface area (Å²) in [7, 11) is 0. The molecule has 122 valence electrons. The van der Waals surface area contributed by atoms with Crippen LogP contribution in [0.1, 0.15) is 61.0 Å². The van der Waals surface area contributed by atoms with E-state index in [0.717, 1.165) is 25.7 Å². The Morgan fingerprint density at radius 2 is 2.22 bits per heavy atom. The van der Waals surface area contributed by atoms with Crippen LogP contribution in [0.4, 0.5) is 0 Å². The number of nitrogens with zero attached hydrogens (tertiary/aromatic N) is 2. The van der Waals surface area contributed by atoms with Crippen LogP contribution in [0, 0.1) is 6.92 Å². The molecule has 1 amide bonds. The van der Waals surface area contributed by atoms with Crippen LogP contribution in [0.15, 0.2) is 28.8 Å². The van der Waals surface area contributed by atoms with E-state index in [0.29, 0.717) is 24.6 Å². The Balaban J connectivity index is 1.53. The Labute approximate surface area is 136 Å². The summed E-state index contributed by atoms with van der Waals surface area (Å²) >= 11 is 0. The summed E-state index contributed by atoms with van der Waals surface area (Å²) < 4.78 is 5.07. The number of fused-ring (bicyclic) bond motifs is 1.